The largest absolute Gasteiger partial charge is 0.350 e. The number of anilines is 1. The van der Waals surface area contributed by atoms with Crippen LogP contribution < -0.4 is 10.6 Å². The molecule has 0 bridgehead atoms. The van der Waals surface area contributed by atoms with Crippen molar-refractivity contribution in [3.63, 3.8) is 0 Å². The Balaban J connectivity index is 1.60. The summed E-state index contributed by atoms with van der Waals surface area (Å²) in [5.41, 5.74) is 4.89. The summed E-state index contributed by atoms with van der Waals surface area (Å²) in [5.74, 6) is -0.0315. The van der Waals surface area contributed by atoms with E-state index >= 15 is 0 Å². The molecule has 0 aliphatic rings. The molecule has 6 heteroatoms. The molecule has 152 valence electrons. The van der Waals surface area contributed by atoms with E-state index < -0.39 is 0 Å². The second kappa shape index (κ2) is 8.59. The highest BCUT2D eigenvalue weighted by atomic mass is 35.5. The van der Waals surface area contributed by atoms with Gasteiger partial charge >= 0.3 is 6.03 Å². The molecule has 0 saturated carbocycles. The first-order valence-corrected chi connectivity index (χ1v) is 10.2. The Hall–Kier alpha value is -3.31. The van der Waals surface area contributed by atoms with Crippen LogP contribution >= 0.6 is 11.6 Å². The lowest BCUT2D eigenvalue weighted by atomic mass is 9.92. The van der Waals surface area contributed by atoms with E-state index in [0.717, 1.165) is 22.2 Å². The molecule has 30 heavy (non-hydrogen) atoms. The van der Waals surface area contributed by atoms with Gasteiger partial charge in [0.2, 0.25) is 0 Å². The maximum Gasteiger partial charge on any atom is 0.319 e. The Labute approximate surface area is 180 Å². The zero-order valence-corrected chi connectivity index (χ0v) is 17.6. The smallest absolute Gasteiger partial charge is 0.319 e. The number of para-hydroxylation sites is 1. The minimum Gasteiger partial charge on any atom is -0.350 e. The number of nitrogens with one attached hydrogen (secondary N) is 2. The summed E-state index contributed by atoms with van der Waals surface area (Å²) in [6, 6.07) is 17.4. The van der Waals surface area contributed by atoms with E-state index in [1.807, 2.05) is 56.6 Å². The first-order chi connectivity index (χ1) is 14.5. The van der Waals surface area contributed by atoms with Gasteiger partial charge in [0.05, 0.1) is 0 Å². The number of hydrogen-bond donors (Lipinski definition) is 2. The van der Waals surface area contributed by atoms with E-state index in [-0.39, 0.29) is 11.9 Å². The number of fused-ring (bicyclic) bond motifs is 1. The van der Waals surface area contributed by atoms with Crippen molar-refractivity contribution in [2.45, 2.75) is 12.8 Å². The van der Waals surface area contributed by atoms with Crippen molar-refractivity contribution in [3.05, 3.63) is 94.9 Å². The second-order valence-electron chi connectivity index (χ2n) is 7.30. The Bertz CT molecular complexity index is 1190. The fourth-order valence-corrected chi connectivity index (χ4v) is 3.92. The van der Waals surface area contributed by atoms with Crippen LogP contribution in [0.5, 0.6) is 0 Å². The lowest BCUT2D eigenvalue weighted by molar-refractivity contribution is 0.252. The van der Waals surface area contributed by atoms with E-state index in [1.165, 1.54) is 5.39 Å². The van der Waals surface area contributed by atoms with Crippen LogP contribution in [0.4, 0.5) is 10.5 Å². The fourth-order valence-electron chi connectivity index (χ4n) is 3.74. The molecule has 0 fully saturated rings. The molecule has 0 radical (unpaired) electrons. The molecular formula is C24H23ClN4O. The first-order valence-electron chi connectivity index (χ1n) is 9.78. The van der Waals surface area contributed by atoms with Gasteiger partial charge in [-0.25, -0.2) is 4.79 Å². The SMILES string of the molecule is Cc1c(Cl)cccc1NC(=O)NCC(c1cccnc1)c1cn(C)c2ccccc12. The van der Waals surface area contributed by atoms with Crippen LogP contribution in [-0.4, -0.2) is 22.1 Å². The molecule has 0 aliphatic carbocycles. The van der Waals surface area contributed by atoms with Gasteiger partial charge in [0.1, 0.15) is 0 Å². The number of rotatable bonds is 5. The summed E-state index contributed by atoms with van der Waals surface area (Å²) >= 11 is 6.16. The summed E-state index contributed by atoms with van der Waals surface area (Å²) in [6.45, 7) is 2.32. The van der Waals surface area contributed by atoms with Crippen LogP contribution in [0.3, 0.4) is 0 Å². The van der Waals surface area contributed by atoms with Gasteiger partial charge in [-0.05, 0) is 47.9 Å². The van der Waals surface area contributed by atoms with Gasteiger partial charge in [-0.3, -0.25) is 4.98 Å². The highest BCUT2D eigenvalue weighted by molar-refractivity contribution is 6.31. The normalized spacial score (nSPS) is 12.0. The van der Waals surface area contributed by atoms with Crippen LogP contribution in [0.1, 0.15) is 22.6 Å². The van der Waals surface area contributed by atoms with Crippen molar-refractivity contribution >= 4 is 34.2 Å². The van der Waals surface area contributed by atoms with Crippen molar-refractivity contribution in [2.24, 2.45) is 7.05 Å². The molecule has 2 N–H and O–H groups in total. The van der Waals surface area contributed by atoms with Gasteiger partial charge < -0.3 is 15.2 Å². The first kappa shape index (κ1) is 20.0. The summed E-state index contributed by atoms with van der Waals surface area (Å²) in [7, 11) is 2.04. The van der Waals surface area contributed by atoms with E-state index in [9.17, 15) is 4.79 Å². The molecule has 1 atom stereocenters. The van der Waals surface area contributed by atoms with Gasteiger partial charge in [-0.2, -0.15) is 0 Å². The molecule has 0 aliphatic heterocycles. The van der Waals surface area contributed by atoms with Gasteiger partial charge in [0.25, 0.3) is 0 Å². The van der Waals surface area contributed by atoms with Crippen LogP contribution in [0.25, 0.3) is 10.9 Å². The molecule has 2 amide bonds. The minimum absolute atomic E-state index is 0.0315. The number of halogens is 1. The number of urea groups is 1. The third-order valence-electron chi connectivity index (χ3n) is 5.37. The molecule has 0 saturated heterocycles. The minimum atomic E-state index is -0.269. The zero-order valence-electron chi connectivity index (χ0n) is 16.9. The summed E-state index contributed by atoms with van der Waals surface area (Å²) in [4.78, 5) is 16.9. The molecule has 2 aromatic heterocycles. The molecule has 4 rings (SSSR count). The number of nitrogens with zero attached hydrogens (tertiary/aromatic N) is 2. The van der Waals surface area contributed by atoms with E-state index in [0.29, 0.717) is 17.3 Å². The average Bonchev–Trinajstić information content (AvgIpc) is 3.09. The topological polar surface area (TPSA) is 59.0 Å². The number of hydrogen-bond acceptors (Lipinski definition) is 2. The monoisotopic (exact) mass is 418 g/mol. The van der Waals surface area contributed by atoms with Gasteiger partial charge in [0.15, 0.2) is 0 Å². The Morgan fingerprint density at radius 3 is 2.77 bits per heavy atom. The predicted octanol–water partition coefficient (Wildman–Crippen LogP) is 5.49. The third-order valence-corrected chi connectivity index (χ3v) is 5.78. The second-order valence-corrected chi connectivity index (χ2v) is 7.71. The maximum absolute atomic E-state index is 12.6. The van der Waals surface area contributed by atoms with Crippen molar-refractivity contribution in [2.75, 3.05) is 11.9 Å². The van der Waals surface area contributed by atoms with E-state index in [1.54, 1.807) is 12.3 Å². The molecule has 5 nitrogen and oxygen atoms in total. The van der Waals surface area contributed by atoms with Gasteiger partial charge in [0, 0.05) is 59.7 Å². The summed E-state index contributed by atoms with van der Waals surface area (Å²) in [5, 5.41) is 7.71. The molecular weight excluding hydrogens is 396 g/mol. The molecule has 4 aromatic rings. The van der Waals surface area contributed by atoms with E-state index in [2.05, 4.69) is 38.5 Å². The molecule has 2 aromatic carbocycles. The van der Waals surface area contributed by atoms with E-state index in [4.69, 9.17) is 11.6 Å². The number of pyridine rings is 1. The van der Waals surface area contributed by atoms with Crippen LogP contribution in [0.2, 0.25) is 5.02 Å². The lowest BCUT2D eigenvalue weighted by Crippen LogP contribution is -2.33. The van der Waals surface area contributed by atoms with Crippen molar-refractivity contribution in [3.8, 4) is 0 Å². The summed E-state index contributed by atoms with van der Waals surface area (Å²) < 4.78 is 2.11. The highest BCUT2D eigenvalue weighted by Gasteiger charge is 2.20. The molecule has 0 spiro atoms. The highest BCUT2D eigenvalue weighted by Crippen LogP contribution is 2.31. The third kappa shape index (κ3) is 4.02. The number of amides is 2. The van der Waals surface area contributed by atoms with Crippen LogP contribution in [0, 0.1) is 6.92 Å². The molecule has 1 unspecified atom stereocenters. The lowest BCUT2D eigenvalue weighted by Gasteiger charge is -2.18. The Morgan fingerprint density at radius 2 is 1.97 bits per heavy atom. The van der Waals surface area contributed by atoms with Gasteiger partial charge in [-0.1, -0.05) is 41.9 Å². The standard InChI is InChI=1S/C24H23ClN4O/c1-16-21(25)9-5-10-22(16)28-24(30)27-14-19(17-7-6-12-26-13-17)20-15-29(2)23-11-4-3-8-18(20)23/h3-13,15,19H,14H2,1-2H3,(H2,27,28,30). The average molecular weight is 419 g/mol. The fraction of sp³-hybridized carbons (Fsp3) is 0.167. The number of benzene rings is 2. The Morgan fingerprint density at radius 1 is 1.13 bits per heavy atom. The van der Waals surface area contributed by atoms with Crippen LogP contribution in [-0.2, 0) is 7.05 Å². The van der Waals surface area contributed by atoms with Crippen molar-refractivity contribution in [1.82, 2.24) is 14.9 Å². The number of aryl methyl sites for hydroxylation is 1. The van der Waals surface area contributed by atoms with Crippen LogP contribution in [0.15, 0.2) is 73.2 Å². The zero-order chi connectivity index (χ0) is 21.1. The predicted molar refractivity (Wildman–Crippen MR) is 122 cm³/mol. The van der Waals surface area contributed by atoms with Gasteiger partial charge in [-0.15, -0.1) is 0 Å². The quantitative estimate of drug-likeness (QED) is 0.450. The number of aromatic nitrogens is 2. The number of carbonyl (C=O) groups is 1. The maximum atomic E-state index is 12.6. The van der Waals surface area contributed by atoms with Crippen molar-refractivity contribution < 1.29 is 4.79 Å². The van der Waals surface area contributed by atoms with Crippen molar-refractivity contribution in [1.29, 1.82) is 0 Å². The summed E-state index contributed by atoms with van der Waals surface area (Å²) in [6.07, 6.45) is 5.74. The molecule has 2 heterocycles. The number of carbonyl (C=O) groups excluding carboxylic acids is 1. The Kier molecular flexibility index (Phi) is 5.72.